The molecule has 0 amide bonds. The zero-order valence-corrected chi connectivity index (χ0v) is 8.32. The summed E-state index contributed by atoms with van der Waals surface area (Å²) < 4.78 is 5.20. The Bertz CT molecular complexity index is 175. The van der Waals surface area contributed by atoms with Crippen LogP contribution < -0.4 is 0 Å². The Morgan fingerprint density at radius 2 is 2.15 bits per heavy atom. The Morgan fingerprint density at radius 3 is 2.62 bits per heavy atom. The molecule has 13 heavy (non-hydrogen) atoms. The van der Waals surface area contributed by atoms with E-state index in [4.69, 9.17) is 4.74 Å². The van der Waals surface area contributed by atoms with Crippen molar-refractivity contribution in [3.8, 4) is 0 Å². The van der Waals surface area contributed by atoms with Gasteiger partial charge in [0, 0.05) is 6.42 Å². The molecule has 1 aliphatic heterocycles. The van der Waals surface area contributed by atoms with Crippen LogP contribution in [-0.2, 0) is 9.53 Å². The van der Waals surface area contributed by atoms with E-state index in [9.17, 15) is 9.90 Å². The van der Waals surface area contributed by atoms with Gasteiger partial charge >= 0.3 is 5.97 Å². The molecule has 2 atom stereocenters. The lowest BCUT2D eigenvalue weighted by Gasteiger charge is -2.31. The fraction of sp³-hybridized carbons (Fsp3) is 0.900. The lowest BCUT2D eigenvalue weighted by Crippen LogP contribution is -2.37. The molecule has 1 N–H and O–H groups in total. The molecule has 1 fully saturated rings. The number of hydrogen-bond donors (Lipinski definition) is 1. The summed E-state index contributed by atoms with van der Waals surface area (Å²) in [5, 5.41) is 9.39. The first-order valence-electron chi connectivity index (χ1n) is 5.04. The van der Waals surface area contributed by atoms with Crippen LogP contribution in [0.3, 0.4) is 0 Å². The molecule has 3 heteroatoms. The normalized spacial score (nSPS) is 29.1. The summed E-state index contributed by atoms with van der Waals surface area (Å²) in [7, 11) is 0. The second-order valence-electron chi connectivity index (χ2n) is 3.70. The maximum atomic E-state index is 11.0. The predicted molar refractivity (Wildman–Crippen MR) is 49.2 cm³/mol. The van der Waals surface area contributed by atoms with Gasteiger partial charge in [-0.05, 0) is 18.8 Å². The minimum absolute atomic E-state index is 0.0637. The SMILES string of the molecule is CCC(CC)C1C[C@@H](O)CC(=O)O1. The van der Waals surface area contributed by atoms with E-state index in [1.807, 2.05) is 0 Å². The maximum Gasteiger partial charge on any atom is 0.308 e. The Kier molecular flexibility index (Phi) is 3.72. The van der Waals surface area contributed by atoms with Gasteiger partial charge in [-0.3, -0.25) is 4.79 Å². The minimum atomic E-state index is -0.494. The first-order chi connectivity index (χ1) is 6.17. The van der Waals surface area contributed by atoms with E-state index >= 15 is 0 Å². The quantitative estimate of drug-likeness (QED) is 0.679. The number of aliphatic hydroxyl groups is 1. The molecule has 1 saturated heterocycles. The van der Waals surface area contributed by atoms with Crippen LogP contribution in [0.25, 0.3) is 0 Å². The summed E-state index contributed by atoms with van der Waals surface area (Å²) in [6.45, 7) is 4.17. The van der Waals surface area contributed by atoms with E-state index in [1.54, 1.807) is 0 Å². The van der Waals surface area contributed by atoms with Gasteiger partial charge in [0.1, 0.15) is 6.10 Å². The molecular formula is C10H18O3. The minimum Gasteiger partial charge on any atom is -0.462 e. The topological polar surface area (TPSA) is 46.5 Å². The molecule has 3 nitrogen and oxygen atoms in total. The molecule has 1 rings (SSSR count). The third-order valence-corrected chi connectivity index (χ3v) is 2.76. The molecule has 0 aliphatic carbocycles. The van der Waals surface area contributed by atoms with Crippen LogP contribution in [0, 0.1) is 5.92 Å². The third-order valence-electron chi connectivity index (χ3n) is 2.76. The Morgan fingerprint density at radius 1 is 1.54 bits per heavy atom. The summed E-state index contributed by atoms with van der Waals surface area (Å²) >= 11 is 0. The average Bonchev–Trinajstić information content (AvgIpc) is 2.04. The van der Waals surface area contributed by atoms with Gasteiger partial charge in [-0.15, -0.1) is 0 Å². The monoisotopic (exact) mass is 186 g/mol. The predicted octanol–water partition coefficient (Wildman–Crippen LogP) is 1.49. The van der Waals surface area contributed by atoms with Gasteiger partial charge in [0.2, 0.25) is 0 Å². The highest BCUT2D eigenvalue weighted by atomic mass is 16.5. The Hall–Kier alpha value is -0.570. The van der Waals surface area contributed by atoms with Gasteiger partial charge in [-0.25, -0.2) is 0 Å². The van der Waals surface area contributed by atoms with Gasteiger partial charge in [-0.2, -0.15) is 0 Å². The Balaban J connectivity index is 2.53. The molecule has 0 spiro atoms. The largest absolute Gasteiger partial charge is 0.462 e. The van der Waals surface area contributed by atoms with E-state index in [0.29, 0.717) is 12.3 Å². The molecule has 76 valence electrons. The first-order valence-corrected chi connectivity index (χ1v) is 5.04. The van der Waals surface area contributed by atoms with Crippen molar-refractivity contribution in [2.45, 2.75) is 51.7 Å². The summed E-state index contributed by atoms with van der Waals surface area (Å²) in [5.74, 6) is 0.148. The van der Waals surface area contributed by atoms with Gasteiger partial charge in [0.15, 0.2) is 0 Å². The third kappa shape index (κ3) is 2.69. The number of esters is 1. The van der Waals surface area contributed by atoms with Crippen molar-refractivity contribution < 1.29 is 14.6 Å². The van der Waals surface area contributed by atoms with Crippen molar-refractivity contribution in [2.75, 3.05) is 0 Å². The summed E-state index contributed by atoms with van der Waals surface area (Å²) in [6.07, 6.45) is 2.22. The van der Waals surface area contributed by atoms with Crippen LogP contribution in [0.4, 0.5) is 0 Å². The molecule has 1 aliphatic rings. The first kappa shape index (κ1) is 10.5. The molecule has 1 unspecified atom stereocenters. The van der Waals surface area contributed by atoms with E-state index in [-0.39, 0.29) is 18.5 Å². The van der Waals surface area contributed by atoms with E-state index in [2.05, 4.69) is 13.8 Å². The van der Waals surface area contributed by atoms with Crippen LogP contribution in [0.5, 0.6) is 0 Å². The van der Waals surface area contributed by atoms with Crippen LogP contribution in [0.1, 0.15) is 39.5 Å². The van der Waals surface area contributed by atoms with Crippen molar-refractivity contribution >= 4 is 5.97 Å². The number of ether oxygens (including phenoxy) is 1. The second kappa shape index (κ2) is 4.61. The number of carbonyl (C=O) groups is 1. The lowest BCUT2D eigenvalue weighted by molar-refractivity contribution is -0.164. The Labute approximate surface area is 79.1 Å². The standard InChI is InChI=1S/C10H18O3/c1-3-7(4-2)9-5-8(11)6-10(12)13-9/h7-9,11H,3-6H2,1-2H3/t8-,9?/m1/s1. The summed E-state index contributed by atoms with van der Waals surface area (Å²) in [6, 6.07) is 0. The number of carbonyl (C=O) groups excluding carboxylic acids is 1. The smallest absolute Gasteiger partial charge is 0.308 e. The van der Waals surface area contributed by atoms with Gasteiger partial charge in [0.25, 0.3) is 0 Å². The summed E-state index contributed by atoms with van der Waals surface area (Å²) in [4.78, 5) is 11.0. The van der Waals surface area contributed by atoms with Gasteiger partial charge < -0.3 is 9.84 Å². The fourth-order valence-corrected chi connectivity index (χ4v) is 1.91. The van der Waals surface area contributed by atoms with Crippen LogP contribution in [0.15, 0.2) is 0 Å². The van der Waals surface area contributed by atoms with Gasteiger partial charge in [-0.1, -0.05) is 13.8 Å². The molecule has 0 bridgehead atoms. The van der Waals surface area contributed by atoms with Crippen LogP contribution in [-0.4, -0.2) is 23.3 Å². The highest BCUT2D eigenvalue weighted by molar-refractivity contribution is 5.71. The van der Waals surface area contributed by atoms with E-state index in [1.165, 1.54) is 0 Å². The zero-order chi connectivity index (χ0) is 9.84. The lowest BCUT2D eigenvalue weighted by atomic mass is 9.90. The number of hydrogen-bond acceptors (Lipinski definition) is 3. The van der Waals surface area contributed by atoms with Crippen molar-refractivity contribution in [1.29, 1.82) is 0 Å². The van der Waals surface area contributed by atoms with Crippen molar-refractivity contribution in [3.63, 3.8) is 0 Å². The number of aliphatic hydroxyl groups excluding tert-OH is 1. The van der Waals surface area contributed by atoms with Crippen LogP contribution in [0.2, 0.25) is 0 Å². The molecule has 1 heterocycles. The molecule has 0 saturated carbocycles. The molecular weight excluding hydrogens is 168 g/mol. The highest BCUT2D eigenvalue weighted by Gasteiger charge is 2.31. The second-order valence-corrected chi connectivity index (χ2v) is 3.70. The molecule has 0 aromatic carbocycles. The molecule has 0 aromatic heterocycles. The van der Waals surface area contributed by atoms with Crippen molar-refractivity contribution in [2.24, 2.45) is 5.92 Å². The highest BCUT2D eigenvalue weighted by Crippen LogP contribution is 2.25. The van der Waals surface area contributed by atoms with E-state index < -0.39 is 6.10 Å². The zero-order valence-electron chi connectivity index (χ0n) is 8.32. The maximum absolute atomic E-state index is 11.0. The number of rotatable bonds is 3. The molecule has 0 radical (unpaired) electrons. The average molecular weight is 186 g/mol. The van der Waals surface area contributed by atoms with Gasteiger partial charge in [0.05, 0.1) is 12.5 Å². The van der Waals surface area contributed by atoms with Crippen LogP contribution >= 0.6 is 0 Å². The number of cyclic esters (lactones) is 1. The van der Waals surface area contributed by atoms with Crippen molar-refractivity contribution in [1.82, 2.24) is 0 Å². The summed E-state index contributed by atoms with van der Waals surface area (Å²) in [5.41, 5.74) is 0. The molecule has 0 aromatic rings. The van der Waals surface area contributed by atoms with Crippen molar-refractivity contribution in [3.05, 3.63) is 0 Å². The van der Waals surface area contributed by atoms with E-state index in [0.717, 1.165) is 12.8 Å². The fourth-order valence-electron chi connectivity index (χ4n) is 1.91.